The van der Waals surface area contributed by atoms with Crippen molar-refractivity contribution in [2.45, 2.75) is 26.1 Å². The number of carbonyl (C=O) groups is 2. The van der Waals surface area contributed by atoms with Crippen LogP contribution in [0.3, 0.4) is 0 Å². The number of primary amides is 1. The molecule has 0 bridgehead atoms. The van der Waals surface area contributed by atoms with E-state index < -0.39 is 24.1 Å². The summed E-state index contributed by atoms with van der Waals surface area (Å²) in [5.74, 6) is -1.68. The molecule has 0 saturated heterocycles. The van der Waals surface area contributed by atoms with E-state index in [1.54, 1.807) is 13.8 Å². The van der Waals surface area contributed by atoms with Crippen LogP contribution >= 0.6 is 0 Å². The Morgan fingerprint density at radius 2 is 1.85 bits per heavy atom. The SMILES string of the molecule is CC(C)C(N)C(=O)NC(O)C(N)=O. The summed E-state index contributed by atoms with van der Waals surface area (Å²) in [6, 6.07) is -0.756. The Labute approximate surface area is 76.3 Å². The zero-order valence-corrected chi connectivity index (χ0v) is 7.65. The van der Waals surface area contributed by atoms with Crippen LogP contribution in [0.1, 0.15) is 13.8 Å². The molecular weight excluding hydrogens is 174 g/mol. The summed E-state index contributed by atoms with van der Waals surface area (Å²) in [5.41, 5.74) is 10.1. The second-order valence-corrected chi connectivity index (χ2v) is 3.08. The molecule has 0 heterocycles. The summed E-state index contributed by atoms with van der Waals surface area (Å²) in [5, 5.41) is 10.8. The second-order valence-electron chi connectivity index (χ2n) is 3.08. The number of nitrogens with one attached hydrogen (secondary N) is 1. The Morgan fingerprint density at radius 3 is 2.15 bits per heavy atom. The molecule has 13 heavy (non-hydrogen) atoms. The van der Waals surface area contributed by atoms with Gasteiger partial charge in [-0.1, -0.05) is 13.8 Å². The first-order valence-corrected chi connectivity index (χ1v) is 3.89. The van der Waals surface area contributed by atoms with Crippen LogP contribution in [0.5, 0.6) is 0 Å². The molecule has 76 valence electrons. The van der Waals surface area contributed by atoms with E-state index in [4.69, 9.17) is 16.6 Å². The minimum Gasteiger partial charge on any atom is -0.366 e. The minimum absolute atomic E-state index is 0.0694. The van der Waals surface area contributed by atoms with Crippen LogP contribution in [-0.4, -0.2) is 29.2 Å². The van der Waals surface area contributed by atoms with Crippen molar-refractivity contribution in [2.75, 3.05) is 0 Å². The predicted molar refractivity (Wildman–Crippen MR) is 46.2 cm³/mol. The van der Waals surface area contributed by atoms with Gasteiger partial charge in [-0.15, -0.1) is 0 Å². The zero-order chi connectivity index (χ0) is 10.6. The molecule has 0 spiro atoms. The molecule has 0 aliphatic carbocycles. The third-order valence-corrected chi connectivity index (χ3v) is 1.57. The van der Waals surface area contributed by atoms with Crippen molar-refractivity contribution in [1.29, 1.82) is 0 Å². The molecule has 0 radical (unpaired) electrons. The van der Waals surface area contributed by atoms with Gasteiger partial charge >= 0.3 is 0 Å². The Kier molecular flexibility index (Phi) is 4.36. The zero-order valence-electron chi connectivity index (χ0n) is 7.65. The van der Waals surface area contributed by atoms with E-state index in [9.17, 15) is 9.59 Å². The van der Waals surface area contributed by atoms with Crippen molar-refractivity contribution in [1.82, 2.24) is 5.32 Å². The second kappa shape index (κ2) is 4.78. The fourth-order valence-electron chi connectivity index (χ4n) is 0.605. The standard InChI is InChI=1S/C7H15N3O3/c1-3(2)4(8)6(12)10-7(13)5(9)11/h3-4,7,13H,8H2,1-2H3,(H2,9,11)(H,10,12). The quantitative estimate of drug-likeness (QED) is 0.378. The molecule has 0 aliphatic heterocycles. The summed E-state index contributed by atoms with van der Waals surface area (Å²) in [7, 11) is 0. The lowest BCUT2D eigenvalue weighted by atomic mass is 10.1. The number of rotatable bonds is 4. The van der Waals surface area contributed by atoms with Gasteiger partial charge in [0, 0.05) is 0 Å². The highest BCUT2D eigenvalue weighted by Crippen LogP contribution is 1.97. The molecule has 2 amide bonds. The number of aliphatic hydroxyl groups is 1. The van der Waals surface area contributed by atoms with E-state index in [1.807, 2.05) is 5.32 Å². The van der Waals surface area contributed by atoms with Crippen molar-refractivity contribution in [2.24, 2.45) is 17.4 Å². The van der Waals surface area contributed by atoms with Crippen LogP contribution in [-0.2, 0) is 9.59 Å². The first-order chi connectivity index (χ1) is 5.86. The maximum Gasteiger partial charge on any atom is 0.267 e. The highest BCUT2D eigenvalue weighted by atomic mass is 16.3. The van der Waals surface area contributed by atoms with Gasteiger partial charge in [0.1, 0.15) is 0 Å². The molecule has 6 nitrogen and oxygen atoms in total. The van der Waals surface area contributed by atoms with E-state index in [0.29, 0.717) is 0 Å². The van der Waals surface area contributed by atoms with Crippen molar-refractivity contribution in [3.8, 4) is 0 Å². The third-order valence-electron chi connectivity index (χ3n) is 1.57. The predicted octanol–water partition coefficient (Wildman–Crippen LogP) is -2.11. The summed E-state index contributed by atoms with van der Waals surface area (Å²) in [6.45, 7) is 3.50. The van der Waals surface area contributed by atoms with Crippen LogP contribution in [0.25, 0.3) is 0 Å². The van der Waals surface area contributed by atoms with Gasteiger partial charge < -0.3 is 21.9 Å². The van der Waals surface area contributed by atoms with Gasteiger partial charge in [-0.05, 0) is 5.92 Å². The van der Waals surface area contributed by atoms with Crippen molar-refractivity contribution in [3.05, 3.63) is 0 Å². The number of hydrogen-bond acceptors (Lipinski definition) is 4. The lowest BCUT2D eigenvalue weighted by Crippen LogP contribution is -2.51. The average Bonchev–Trinajstić information content (AvgIpc) is 2.02. The smallest absolute Gasteiger partial charge is 0.267 e. The molecular formula is C7H15N3O3. The summed E-state index contributed by atoms with van der Waals surface area (Å²) in [4.78, 5) is 21.4. The molecule has 0 aliphatic rings. The molecule has 0 fully saturated rings. The summed E-state index contributed by atoms with van der Waals surface area (Å²) >= 11 is 0. The lowest BCUT2D eigenvalue weighted by Gasteiger charge is -2.16. The molecule has 0 saturated carbocycles. The first-order valence-electron chi connectivity index (χ1n) is 3.89. The molecule has 0 rings (SSSR count). The maximum atomic E-state index is 11.1. The number of aliphatic hydroxyl groups excluding tert-OH is 1. The molecule has 0 aromatic carbocycles. The van der Waals surface area contributed by atoms with Crippen molar-refractivity contribution < 1.29 is 14.7 Å². The Bertz CT molecular complexity index is 205. The van der Waals surface area contributed by atoms with Crippen LogP contribution in [0.4, 0.5) is 0 Å². The maximum absolute atomic E-state index is 11.1. The van der Waals surface area contributed by atoms with Gasteiger partial charge in [0.25, 0.3) is 5.91 Å². The fraction of sp³-hybridized carbons (Fsp3) is 0.714. The minimum atomic E-state index is -1.67. The number of nitrogens with two attached hydrogens (primary N) is 2. The Morgan fingerprint density at radius 1 is 1.38 bits per heavy atom. The van der Waals surface area contributed by atoms with Gasteiger partial charge in [0.2, 0.25) is 12.1 Å². The van der Waals surface area contributed by atoms with Gasteiger partial charge in [-0.25, -0.2) is 0 Å². The van der Waals surface area contributed by atoms with Crippen LogP contribution < -0.4 is 16.8 Å². The first kappa shape index (κ1) is 11.9. The highest BCUT2D eigenvalue weighted by molar-refractivity contribution is 5.87. The molecule has 6 heteroatoms. The number of carbonyl (C=O) groups excluding carboxylic acids is 2. The lowest BCUT2D eigenvalue weighted by molar-refractivity contribution is -0.135. The molecule has 6 N–H and O–H groups in total. The van der Waals surface area contributed by atoms with Crippen LogP contribution in [0.15, 0.2) is 0 Å². The van der Waals surface area contributed by atoms with Gasteiger partial charge in [-0.3, -0.25) is 9.59 Å². The monoisotopic (exact) mass is 189 g/mol. The molecule has 0 aromatic heterocycles. The van der Waals surface area contributed by atoms with Crippen LogP contribution in [0.2, 0.25) is 0 Å². The van der Waals surface area contributed by atoms with E-state index >= 15 is 0 Å². The van der Waals surface area contributed by atoms with Crippen LogP contribution in [0, 0.1) is 5.92 Å². The number of amides is 2. The van der Waals surface area contributed by atoms with E-state index in [-0.39, 0.29) is 5.92 Å². The highest BCUT2D eigenvalue weighted by Gasteiger charge is 2.21. The molecule has 2 unspecified atom stereocenters. The van der Waals surface area contributed by atoms with Gasteiger partial charge in [-0.2, -0.15) is 0 Å². The molecule has 0 aromatic rings. The van der Waals surface area contributed by atoms with Crippen molar-refractivity contribution in [3.63, 3.8) is 0 Å². The largest absolute Gasteiger partial charge is 0.366 e. The average molecular weight is 189 g/mol. The van der Waals surface area contributed by atoms with E-state index in [0.717, 1.165) is 0 Å². The molecule has 2 atom stereocenters. The third kappa shape index (κ3) is 3.86. The van der Waals surface area contributed by atoms with Gasteiger partial charge in [0.05, 0.1) is 6.04 Å². The Hall–Kier alpha value is -1.14. The summed E-state index contributed by atoms with van der Waals surface area (Å²) < 4.78 is 0. The van der Waals surface area contributed by atoms with Crippen molar-refractivity contribution >= 4 is 11.8 Å². The number of hydrogen-bond donors (Lipinski definition) is 4. The van der Waals surface area contributed by atoms with E-state index in [1.165, 1.54) is 0 Å². The Balaban J connectivity index is 4.08. The van der Waals surface area contributed by atoms with E-state index in [2.05, 4.69) is 0 Å². The summed E-state index contributed by atoms with van der Waals surface area (Å²) in [6.07, 6.45) is -1.67. The fourth-order valence-corrected chi connectivity index (χ4v) is 0.605. The van der Waals surface area contributed by atoms with Gasteiger partial charge in [0.15, 0.2) is 0 Å². The topological polar surface area (TPSA) is 118 Å². The normalized spacial score (nSPS) is 15.2.